The summed E-state index contributed by atoms with van der Waals surface area (Å²) in [7, 11) is 1.88. The summed E-state index contributed by atoms with van der Waals surface area (Å²) in [5, 5.41) is 12.9. The number of hydrogen-bond donors (Lipinski definition) is 0. The average molecular weight is 337 g/mol. The summed E-state index contributed by atoms with van der Waals surface area (Å²) in [6.07, 6.45) is 1.74. The Bertz CT molecular complexity index is 915. The zero-order chi connectivity index (χ0) is 17.6. The van der Waals surface area contributed by atoms with E-state index in [0.29, 0.717) is 5.75 Å². The predicted octanol–water partition coefficient (Wildman–Crippen LogP) is 3.56. The molecule has 0 radical (unpaired) electrons. The van der Waals surface area contributed by atoms with Crippen LogP contribution in [0.4, 0.5) is 4.39 Å². The third-order valence-electron chi connectivity index (χ3n) is 3.62. The van der Waals surface area contributed by atoms with Crippen molar-refractivity contribution in [3.63, 3.8) is 0 Å². The Balaban J connectivity index is 1.56. The van der Waals surface area contributed by atoms with Crippen molar-refractivity contribution in [2.75, 3.05) is 13.2 Å². The quantitative estimate of drug-likeness (QED) is 0.645. The van der Waals surface area contributed by atoms with Gasteiger partial charge < -0.3 is 9.47 Å². The van der Waals surface area contributed by atoms with Crippen molar-refractivity contribution >= 4 is 0 Å². The molecule has 3 aromatic rings. The number of hydrogen-bond acceptors (Lipinski definition) is 4. The Kier molecular flexibility index (Phi) is 4.95. The van der Waals surface area contributed by atoms with E-state index in [1.54, 1.807) is 10.9 Å². The highest BCUT2D eigenvalue weighted by atomic mass is 19.1. The highest BCUT2D eigenvalue weighted by Gasteiger charge is 2.06. The first-order valence-corrected chi connectivity index (χ1v) is 7.71. The summed E-state index contributed by atoms with van der Waals surface area (Å²) in [5.74, 6) is 0.242. The SMILES string of the molecule is Cn1nccc1-c1cccc(OCCOc2ccc(C#N)cc2F)c1. The van der Waals surface area contributed by atoms with E-state index in [9.17, 15) is 4.39 Å². The van der Waals surface area contributed by atoms with E-state index in [0.717, 1.165) is 17.3 Å². The van der Waals surface area contributed by atoms with Crippen molar-refractivity contribution in [3.05, 3.63) is 66.1 Å². The molecule has 2 aromatic carbocycles. The number of aromatic nitrogens is 2. The van der Waals surface area contributed by atoms with Gasteiger partial charge in [-0.25, -0.2) is 4.39 Å². The van der Waals surface area contributed by atoms with Gasteiger partial charge in [0.15, 0.2) is 11.6 Å². The first-order valence-electron chi connectivity index (χ1n) is 7.71. The molecule has 126 valence electrons. The number of rotatable bonds is 6. The number of ether oxygens (including phenoxy) is 2. The molecule has 1 aromatic heterocycles. The van der Waals surface area contributed by atoms with Crippen molar-refractivity contribution in [2.24, 2.45) is 7.05 Å². The molecule has 5 nitrogen and oxygen atoms in total. The standard InChI is InChI=1S/C19H16FN3O2/c1-23-18(7-8-22-23)15-3-2-4-16(12-15)24-9-10-25-19-6-5-14(13-21)11-17(19)20/h2-8,11-12H,9-10H2,1H3. The van der Waals surface area contributed by atoms with Crippen LogP contribution in [0.2, 0.25) is 0 Å². The van der Waals surface area contributed by atoms with E-state index in [-0.39, 0.29) is 24.5 Å². The smallest absolute Gasteiger partial charge is 0.166 e. The van der Waals surface area contributed by atoms with Crippen LogP contribution in [0.3, 0.4) is 0 Å². The van der Waals surface area contributed by atoms with Crippen LogP contribution in [-0.4, -0.2) is 23.0 Å². The molecule has 1 heterocycles. The van der Waals surface area contributed by atoms with Gasteiger partial charge in [0, 0.05) is 18.8 Å². The molecule has 0 saturated heterocycles. The van der Waals surface area contributed by atoms with Crippen LogP contribution in [0.5, 0.6) is 11.5 Å². The summed E-state index contributed by atoms with van der Waals surface area (Å²) in [6, 6.07) is 15.5. The Morgan fingerprint density at radius 1 is 1.12 bits per heavy atom. The van der Waals surface area contributed by atoms with Crippen LogP contribution in [0, 0.1) is 17.1 Å². The van der Waals surface area contributed by atoms with Gasteiger partial charge in [-0.15, -0.1) is 0 Å². The van der Waals surface area contributed by atoms with E-state index in [1.165, 1.54) is 12.1 Å². The van der Waals surface area contributed by atoms with Crippen molar-refractivity contribution in [1.82, 2.24) is 9.78 Å². The molecule has 25 heavy (non-hydrogen) atoms. The molecular formula is C19H16FN3O2. The fraction of sp³-hybridized carbons (Fsp3) is 0.158. The number of nitriles is 1. The van der Waals surface area contributed by atoms with Gasteiger partial charge in [0.05, 0.1) is 17.3 Å². The lowest BCUT2D eigenvalue weighted by atomic mass is 10.1. The minimum atomic E-state index is -0.558. The molecular weight excluding hydrogens is 321 g/mol. The summed E-state index contributed by atoms with van der Waals surface area (Å²) in [6.45, 7) is 0.465. The minimum Gasteiger partial charge on any atom is -0.490 e. The monoisotopic (exact) mass is 337 g/mol. The first-order chi connectivity index (χ1) is 12.2. The van der Waals surface area contributed by atoms with Crippen LogP contribution in [0.25, 0.3) is 11.3 Å². The highest BCUT2D eigenvalue weighted by Crippen LogP contribution is 2.23. The highest BCUT2D eigenvalue weighted by molar-refractivity contribution is 5.61. The molecule has 0 spiro atoms. The minimum absolute atomic E-state index is 0.103. The van der Waals surface area contributed by atoms with Crippen molar-refractivity contribution < 1.29 is 13.9 Å². The van der Waals surface area contributed by atoms with Crippen molar-refractivity contribution in [3.8, 4) is 28.8 Å². The van der Waals surface area contributed by atoms with E-state index in [2.05, 4.69) is 5.10 Å². The van der Waals surface area contributed by atoms with E-state index in [1.807, 2.05) is 43.4 Å². The summed E-state index contributed by atoms with van der Waals surface area (Å²) in [5.41, 5.74) is 2.24. The fourth-order valence-electron chi connectivity index (χ4n) is 2.40. The Morgan fingerprint density at radius 3 is 2.68 bits per heavy atom. The molecule has 0 aliphatic heterocycles. The third-order valence-corrected chi connectivity index (χ3v) is 3.62. The maximum absolute atomic E-state index is 13.7. The second kappa shape index (κ2) is 7.49. The van der Waals surface area contributed by atoms with Crippen LogP contribution < -0.4 is 9.47 Å². The molecule has 0 fully saturated rings. The van der Waals surface area contributed by atoms with Crippen LogP contribution in [0.1, 0.15) is 5.56 Å². The number of benzene rings is 2. The fourth-order valence-corrected chi connectivity index (χ4v) is 2.40. The van der Waals surface area contributed by atoms with Crippen LogP contribution >= 0.6 is 0 Å². The lowest BCUT2D eigenvalue weighted by Gasteiger charge is -2.10. The van der Waals surface area contributed by atoms with Gasteiger partial charge in [-0.1, -0.05) is 12.1 Å². The second-order valence-corrected chi connectivity index (χ2v) is 5.32. The molecule has 0 aliphatic rings. The van der Waals surface area contributed by atoms with Gasteiger partial charge in [-0.2, -0.15) is 10.4 Å². The Hall–Kier alpha value is -3.33. The summed E-state index contributed by atoms with van der Waals surface area (Å²) in [4.78, 5) is 0. The molecule has 3 rings (SSSR count). The number of nitrogens with zero attached hydrogens (tertiary/aromatic N) is 3. The molecule has 0 unspecified atom stereocenters. The van der Waals surface area contributed by atoms with Gasteiger partial charge in [-0.3, -0.25) is 4.68 Å². The van der Waals surface area contributed by atoms with E-state index >= 15 is 0 Å². The summed E-state index contributed by atoms with van der Waals surface area (Å²) < 4.78 is 26.5. The predicted molar refractivity (Wildman–Crippen MR) is 90.7 cm³/mol. The lowest BCUT2D eigenvalue weighted by Crippen LogP contribution is -2.09. The zero-order valence-corrected chi connectivity index (χ0v) is 13.6. The molecule has 0 atom stereocenters. The molecule has 0 aliphatic carbocycles. The third kappa shape index (κ3) is 3.96. The molecule has 6 heteroatoms. The van der Waals surface area contributed by atoms with Gasteiger partial charge >= 0.3 is 0 Å². The average Bonchev–Trinajstić information content (AvgIpc) is 3.06. The van der Waals surface area contributed by atoms with Gasteiger partial charge in [0.25, 0.3) is 0 Å². The van der Waals surface area contributed by atoms with Gasteiger partial charge in [-0.05, 0) is 36.4 Å². The Morgan fingerprint density at radius 2 is 1.96 bits per heavy atom. The maximum Gasteiger partial charge on any atom is 0.166 e. The lowest BCUT2D eigenvalue weighted by molar-refractivity contribution is 0.211. The van der Waals surface area contributed by atoms with Crippen molar-refractivity contribution in [1.29, 1.82) is 5.26 Å². The van der Waals surface area contributed by atoms with Crippen LogP contribution in [0.15, 0.2) is 54.7 Å². The molecule has 0 saturated carbocycles. The van der Waals surface area contributed by atoms with E-state index in [4.69, 9.17) is 14.7 Å². The second-order valence-electron chi connectivity index (χ2n) is 5.32. The number of halogens is 1. The van der Waals surface area contributed by atoms with E-state index < -0.39 is 5.82 Å². The molecule has 0 amide bonds. The molecule has 0 N–H and O–H groups in total. The van der Waals surface area contributed by atoms with Crippen LogP contribution in [-0.2, 0) is 7.05 Å². The number of aryl methyl sites for hydroxylation is 1. The molecule has 0 bridgehead atoms. The maximum atomic E-state index is 13.7. The Labute approximate surface area is 144 Å². The topological polar surface area (TPSA) is 60.1 Å². The van der Waals surface area contributed by atoms with Gasteiger partial charge in [0.2, 0.25) is 0 Å². The van der Waals surface area contributed by atoms with Gasteiger partial charge in [0.1, 0.15) is 19.0 Å². The first kappa shape index (κ1) is 16.5. The zero-order valence-electron chi connectivity index (χ0n) is 13.6. The van der Waals surface area contributed by atoms with Crippen molar-refractivity contribution in [2.45, 2.75) is 0 Å². The largest absolute Gasteiger partial charge is 0.490 e. The summed E-state index contributed by atoms with van der Waals surface area (Å²) >= 11 is 0. The normalized spacial score (nSPS) is 10.3.